The van der Waals surface area contributed by atoms with Crippen LogP contribution in [0.5, 0.6) is 0 Å². The van der Waals surface area contributed by atoms with Crippen molar-refractivity contribution in [3.05, 3.63) is 35.4 Å². The van der Waals surface area contributed by atoms with Gasteiger partial charge in [-0.3, -0.25) is 9.59 Å². The predicted molar refractivity (Wildman–Crippen MR) is 105 cm³/mol. The molecule has 2 heterocycles. The predicted octanol–water partition coefficient (Wildman–Crippen LogP) is 1.73. The first-order chi connectivity index (χ1) is 13.1. The number of likely N-dealkylation sites (tertiary alicyclic amines) is 1. The van der Waals surface area contributed by atoms with Crippen LogP contribution in [-0.4, -0.2) is 62.7 Å². The molecule has 0 spiro atoms. The van der Waals surface area contributed by atoms with Gasteiger partial charge in [-0.2, -0.15) is 0 Å². The molecule has 3 rings (SSSR count). The summed E-state index contributed by atoms with van der Waals surface area (Å²) in [4.78, 5) is 27.7. The van der Waals surface area contributed by atoms with Gasteiger partial charge >= 0.3 is 0 Å². The standard InChI is InChI=1S/C21H31N3O3/c1-16-5-3-4-6-18(16)19(25)23-17-7-13-24(14-8-17)20(26)21(15-27-2)9-11-22-12-10-21/h3-6,17,22H,7-15H2,1-2H3,(H,23,25). The first-order valence-electron chi connectivity index (χ1n) is 9.91. The minimum atomic E-state index is -0.392. The number of aryl methyl sites for hydroxylation is 1. The van der Waals surface area contributed by atoms with E-state index in [9.17, 15) is 9.59 Å². The topological polar surface area (TPSA) is 70.7 Å². The molecule has 2 amide bonds. The number of piperidine rings is 2. The average Bonchev–Trinajstić information content (AvgIpc) is 2.69. The summed E-state index contributed by atoms with van der Waals surface area (Å²) in [7, 11) is 1.67. The highest BCUT2D eigenvalue weighted by Gasteiger charge is 2.43. The number of hydrogen-bond donors (Lipinski definition) is 2. The smallest absolute Gasteiger partial charge is 0.251 e. The lowest BCUT2D eigenvalue weighted by Gasteiger charge is -2.42. The maximum absolute atomic E-state index is 13.2. The van der Waals surface area contributed by atoms with Crippen LogP contribution in [0, 0.1) is 12.3 Å². The number of rotatable bonds is 5. The zero-order chi connectivity index (χ0) is 19.3. The Hall–Kier alpha value is -1.92. The van der Waals surface area contributed by atoms with Gasteiger partial charge in [-0.05, 0) is 57.3 Å². The van der Waals surface area contributed by atoms with Gasteiger partial charge in [0.1, 0.15) is 0 Å². The van der Waals surface area contributed by atoms with Crippen molar-refractivity contribution in [2.45, 2.75) is 38.6 Å². The molecule has 0 atom stereocenters. The summed E-state index contributed by atoms with van der Waals surface area (Å²) in [5.41, 5.74) is 1.32. The fraction of sp³-hybridized carbons (Fsp3) is 0.619. The third kappa shape index (κ3) is 4.50. The number of amides is 2. The van der Waals surface area contributed by atoms with Crippen molar-refractivity contribution < 1.29 is 14.3 Å². The van der Waals surface area contributed by atoms with Gasteiger partial charge in [0, 0.05) is 31.8 Å². The maximum Gasteiger partial charge on any atom is 0.251 e. The lowest BCUT2D eigenvalue weighted by molar-refractivity contribution is -0.148. The van der Waals surface area contributed by atoms with Gasteiger partial charge in [-0.15, -0.1) is 0 Å². The van der Waals surface area contributed by atoms with E-state index in [0.717, 1.165) is 49.9 Å². The SMILES string of the molecule is COCC1(C(=O)N2CCC(NC(=O)c3ccccc3C)CC2)CCNCC1. The zero-order valence-corrected chi connectivity index (χ0v) is 16.4. The van der Waals surface area contributed by atoms with Crippen LogP contribution >= 0.6 is 0 Å². The fourth-order valence-corrected chi connectivity index (χ4v) is 4.25. The van der Waals surface area contributed by atoms with Crippen molar-refractivity contribution in [3.63, 3.8) is 0 Å². The first-order valence-corrected chi connectivity index (χ1v) is 9.91. The summed E-state index contributed by atoms with van der Waals surface area (Å²) in [6.07, 6.45) is 3.24. The highest BCUT2D eigenvalue weighted by atomic mass is 16.5. The second-order valence-electron chi connectivity index (χ2n) is 7.82. The molecule has 0 saturated carbocycles. The maximum atomic E-state index is 13.2. The van der Waals surface area contributed by atoms with Gasteiger partial charge in [-0.1, -0.05) is 18.2 Å². The molecule has 0 unspecified atom stereocenters. The van der Waals surface area contributed by atoms with Gasteiger partial charge in [0.2, 0.25) is 5.91 Å². The number of carbonyl (C=O) groups excluding carboxylic acids is 2. The summed E-state index contributed by atoms with van der Waals surface area (Å²) in [5.74, 6) is 0.196. The number of ether oxygens (including phenoxy) is 1. The molecule has 6 heteroatoms. The van der Waals surface area contributed by atoms with E-state index >= 15 is 0 Å². The Balaban J connectivity index is 1.56. The van der Waals surface area contributed by atoms with E-state index in [0.29, 0.717) is 19.7 Å². The van der Waals surface area contributed by atoms with Crippen LogP contribution < -0.4 is 10.6 Å². The number of carbonyl (C=O) groups is 2. The largest absolute Gasteiger partial charge is 0.384 e. The average molecular weight is 373 g/mol. The Morgan fingerprint density at radius 3 is 2.52 bits per heavy atom. The number of methoxy groups -OCH3 is 1. The van der Waals surface area contributed by atoms with Crippen molar-refractivity contribution in [2.24, 2.45) is 5.41 Å². The van der Waals surface area contributed by atoms with E-state index in [2.05, 4.69) is 10.6 Å². The van der Waals surface area contributed by atoms with Crippen LogP contribution in [-0.2, 0) is 9.53 Å². The van der Waals surface area contributed by atoms with Crippen molar-refractivity contribution in [3.8, 4) is 0 Å². The van der Waals surface area contributed by atoms with Gasteiger partial charge in [0.15, 0.2) is 0 Å². The fourth-order valence-electron chi connectivity index (χ4n) is 4.25. The zero-order valence-electron chi connectivity index (χ0n) is 16.4. The monoisotopic (exact) mass is 373 g/mol. The summed E-state index contributed by atoms with van der Waals surface area (Å²) >= 11 is 0. The molecule has 0 radical (unpaired) electrons. The lowest BCUT2D eigenvalue weighted by Crippen LogP contribution is -2.55. The van der Waals surface area contributed by atoms with E-state index in [4.69, 9.17) is 4.74 Å². The molecule has 2 aliphatic heterocycles. The van der Waals surface area contributed by atoms with Crippen molar-refractivity contribution in [1.29, 1.82) is 0 Å². The molecule has 6 nitrogen and oxygen atoms in total. The van der Waals surface area contributed by atoms with Crippen molar-refractivity contribution in [1.82, 2.24) is 15.5 Å². The molecule has 0 aliphatic carbocycles. The summed E-state index contributed by atoms with van der Waals surface area (Å²) in [5, 5.41) is 6.47. The van der Waals surface area contributed by atoms with Crippen LogP contribution in [0.15, 0.2) is 24.3 Å². The number of benzene rings is 1. The lowest BCUT2D eigenvalue weighted by atomic mass is 9.78. The number of nitrogens with one attached hydrogen (secondary N) is 2. The minimum absolute atomic E-state index is 0.0212. The van der Waals surface area contributed by atoms with Gasteiger partial charge < -0.3 is 20.3 Å². The first kappa shape index (κ1) is 19.8. The Kier molecular flexibility index (Phi) is 6.50. The van der Waals surface area contributed by atoms with E-state index in [-0.39, 0.29) is 17.9 Å². The van der Waals surface area contributed by atoms with E-state index in [1.54, 1.807) is 7.11 Å². The minimum Gasteiger partial charge on any atom is -0.384 e. The Labute approximate surface area is 161 Å². The molecular weight excluding hydrogens is 342 g/mol. The molecule has 2 aliphatic rings. The Morgan fingerprint density at radius 2 is 1.89 bits per heavy atom. The summed E-state index contributed by atoms with van der Waals surface area (Å²) < 4.78 is 5.40. The van der Waals surface area contributed by atoms with Crippen molar-refractivity contribution in [2.75, 3.05) is 39.9 Å². The van der Waals surface area contributed by atoms with E-state index in [1.165, 1.54) is 0 Å². The third-order valence-electron chi connectivity index (χ3n) is 5.94. The molecule has 1 aromatic rings. The molecule has 0 aromatic heterocycles. The second-order valence-corrected chi connectivity index (χ2v) is 7.82. The van der Waals surface area contributed by atoms with Gasteiger partial charge in [0.25, 0.3) is 5.91 Å². The highest BCUT2D eigenvalue weighted by Crippen LogP contribution is 2.32. The molecular formula is C21H31N3O3. The van der Waals surface area contributed by atoms with Crippen LogP contribution in [0.25, 0.3) is 0 Å². The summed E-state index contributed by atoms with van der Waals surface area (Å²) in [6, 6.07) is 7.75. The van der Waals surface area contributed by atoms with E-state index in [1.807, 2.05) is 36.1 Å². The van der Waals surface area contributed by atoms with E-state index < -0.39 is 5.41 Å². The van der Waals surface area contributed by atoms with Gasteiger partial charge in [0.05, 0.1) is 12.0 Å². The summed E-state index contributed by atoms with van der Waals surface area (Å²) in [6.45, 7) is 5.53. The number of hydrogen-bond acceptors (Lipinski definition) is 4. The number of nitrogens with zero attached hydrogens (tertiary/aromatic N) is 1. The molecule has 2 fully saturated rings. The molecule has 2 saturated heterocycles. The Morgan fingerprint density at radius 1 is 1.22 bits per heavy atom. The van der Waals surface area contributed by atoms with Crippen LogP contribution in [0.4, 0.5) is 0 Å². The van der Waals surface area contributed by atoms with Crippen molar-refractivity contribution >= 4 is 11.8 Å². The molecule has 1 aromatic carbocycles. The van der Waals surface area contributed by atoms with Crippen LogP contribution in [0.1, 0.15) is 41.6 Å². The Bertz CT molecular complexity index is 657. The quantitative estimate of drug-likeness (QED) is 0.825. The normalized spacial score (nSPS) is 20.3. The highest BCUT2D eigenvalue weighted by molar-refractivity contribution is 5.95. The van der Waals surface area contributed by atoms with Gasteiger partial charge in [-0.25, -0.2) is 0 Å². The molecule has 0 bridgehead atoms. The molecule has 27 heavy (non-hydrogen) atoms. The van der Waals surface area contributed by atoms with Crippen LogP contribution in [0.2, 0.25) is 0 Å². The third-order valence-corrected chi connectivity index (χ3v) is 5.94. The molecule has 2 N–H and O–H groups in total. The van der Waals surface area contributed by atoms with Crippen LogP contribution in [0.3, 0.4) is 0 Å². The molecule has 148 valence electrons. The second kappa shape index (κ2) is 8.85.